The van der Waals surface area contributed by atoms with Crippen LogP contribution in [-0.2, 0) is 29.5 Å². The summed E-state index contributed by atoms with van der Waals surface area (Å²) in [6, 6.07) is 15.8. The van der Waals surface area contributed by atoms with Gasteiger partial charge in [-0.2, -0.15) is 5.10 Å². The SMILES string of the molecule is CCCN(CC)CC1COC2(CCC(C(C)(C)C)CC2)O1.Cn1cc(C(=O)Nc2ccc(F)cc2-c2ccc(Cl)c(Cl)c2)c(C(F)F)n1.OC(Cc1ccccc1Cl)(Cn1[nH]cnc1=S)C1(Cl)CC1. The lowest BCUT2D eigenvalue weighted by Crippen LogP contribution is -2.47. The van der Waals surface area contributed by atoms with Crippen molar-refractivity contribution in [3.8, 4) is 11.1 Å². The maximum absolute atomic E-state index is 13.8. The highest BCUT2D eigenvalue weighted by molar-refractivity contribution is 7.71. The van der Waals surface area contributed by atoms with E-state index in [4.69, 9.17) is 68.1 Å². The number of aliphatic hydroxyl groups is 1. The van der Waals surface area contributed by atoms with Crippen LogP contribution in [0, 0.1) is 21.9 Å². The number of anilines is 1. The number of nitrogens with one attached hydrogen (secondary N) is 2. The molecule has 0 radical (unpaired) electrons. The van der Waals surface area contributed by atoms with Gasteiger partial charge in [-0.05, 0) is 116 Å². The fourth-order valence-corrected chi connectivity index (χ4v) is 9.87. The van der Waals surface area contributed by atoms with Crippen LogP contribution >= 0.6 is 58.6 Å². The largest absolute Gasteiger partial charge is 0.386 e. The second-order valence-electron chi connectivity index (χ2n) is 19.2. The lowest BCUT2D eigenvalue weighted by molar-refractivity contribution is -0.197. The Labute approximate surface area is 428 Å². The minimum atomic E-state index is -2.91. The molecule has 5 aromatic rings. The summed E-state index contributed by atoms with van der Waals surface area (Å²) >= 11 is 29.8. The summed E-state index contributed by atoms with van der Waals surface area (Å²) < 4.78 is 55.6. The molecule has 2 atom stereocenters. The molecule has 1 aliphatic heterocycles. The summed E-state index contributed by atoms with van der Waals surface area (Å²) in [5.41, 5.74) is 0.307. The highest BCUT2D eigenvalue weighted by Gasteiger charge is 2.58. The molecule has 3 heterocycles. The number of halogens is 7. The molecule has 2 unspecified atom stereocenters. The monoisotopic (exact) mass is 1050 g/mol. The Balaban J connectivity index is 0.000000172. The normalized spacial score (nSPS) is 20.5. The van der Waals surface area contributed by atoms with Crippen LogP contribution in [0.2, 0.25) is 15.1 Å². The van der Waals surface area contributed by atoms with Gasteiger partial charge in [0, 0.05) is 55.3 Å². The zero-order chi connectivity index (χ0) is 50.3. The van der Waals surface area contributed by atoms with Crippen molar-refractivity contribution in [1.29, 1.82) is 0 Å². The van der Waals surface area contributed by atoms with E-state index in [1.165, 1.54) is 63.1 Å². The molecule has 1 spiro atoms. The zero-order valence-electron chi connectivity index (χ0n) is 39.8. The molecule has 3 fully saturated rings. The minimum Gasteiger partial charge on any atom is -0.386 e. The number of amides is 1. The molecular weight excluding hydrogens is 993 g/mol. The fourth-order valence-electron chi connectivity index (χ4n) is 8.98. The van der Waals surface area contributed by atoms with Gasteiger partial charge in [-0.3, -0.25) is 19.3 Å². The van der Waals surface area contributed by atoms with Crippen LogP contribution in [0.25, 0.3) is 11.1 Å². The van der Waals surface area contributed by atoms with E-state index < -0.39 is 34.3 Å². The van der Waals surface area contributed by atoms with Gasteiger partial charge in [0.15, 0.2) is 5.79 Å². The van der Waals surface area contributed by atoms with Crippen molar-refractivity contribution in [2.75, 3.05) is 31.6 Å². The molecular formula is C50H62Cl4F3N7O4S. The topological polar surface area (TPSA) is 122 Å². The van der Waals surface area contributed by atoms with Gasteiger partial charge < -0.3 is 24.8 Å². The third-order valence-corrected chi connectivity index (χ3v) is 15.3. The first kappa shape index (κ1) is 54.8. The quantitative estimate of drug-likeness (QED) is 0.0742. The number of H-pyrrole nitrogens is 1. The number of rotatable bonds is 14. The molecule has 0 bridgehead atoms. The van der Waals surface area contributed by atoms with Gasteiger partial charge in [0.25, 0.3) is 12.3 Å². The fraction of sp³-hybridized carbons (Fsp3) is 0.520. The zero-order valence-corrected chi connectivity index (χ0v) is 43.7. The van der Waals surface area contributed by atoms with Gasteiger partial charge in [0.2, 0.25) is 4.77 Å². The number of hydrogen-bond donors (Lipinski definition) is 3. The number of aryl methyl sites for hydroxylation is 1. The van der Waals surface area contributed by atoms with Gasteiger partial charge in [-0.15, -0.1) is 11.6 Å². The number of nitrogens with zero attached hydrogens (tertiary/aromatic N) is 5. The van der Waals surface area contributed by atoms with E-state index in [2.05, 4.69) is 60.0 Å². The van der Waals surface area contributed by atoms with Crippen LogP contribution in [0.4, 0.5) is 18.9 Å². The van der Waals surface area contributed by atoms with E-state index in [0.29, 0.717) is 37.8 Å². The molecule has 3 aromatic carbocycles. The number of aromatic amines is 1. The molecule has 2 saturated carbocycles. The second-order valence-corrected chi connectivity index (χ2v) is 21.5. The Morgan fingerprint density at radius 1 is 1.03 bits per heavy atom. The first-order valence-corrected chi connectivity index (χ1v) is 25.2. The molecule has 1 saturated heterocycles. The number of hydrogen-bond acceptors (Lipinski definition) is 8. The maximum atomic E-state index is 13.8. The van der Waals surface area contributed by atoms with Crippen LogP contribution in [0.3, 0.4) is 0 Å². The van der Waals surface area contributed by atoms with Crippen LogP contribution < -0.4 is 5.32 Å². The number of likely N-dealkylation sites (N-methyl/N-ethyl adjacent to an activating group) is 1. The molecule has 2 aromatic heterocycles. The average molecular weight is 1060 g/mol. The summed E-state index contributed by atoms with van der Waals surface area (Å²) in [5, 5.41) is 21.4. The standard InChI is InChI=1S/C18H12Cl2F3N3O.C18H35NO2.C14H15Cl2N3OS/c1-26-8-12(16(25-26)17(22)23)18(27)24-15-5-3-10(21)7-11(15)9-2-4-13(19)14(20)6-9;1-6-12-19(7-2)13-16-14-20-18(21-16)10-8-15(9-11-18)17(3,4)5;15-11-4-2-1-3-10(11)7-14(20,13(16)5-6-13)8-19-12(21)17-9-18-19/h2-8,17H,1H3,(H,24,27);15-16H,6-14H2,1-5H3;1-4,9,20H,5-8H2,(H,17,18,21). The predicted molar refractivity (Wildman–Crippen MR) is 271 cm³/mol. The van der Waals surface area contributed by atoms with Crippen molar-refractivity contribution in [2.24, 2.45) is 18.4 Å². The van der Waals surface area contributed by atoms with Crippen LogP contribution in [0.5, 0.6) is 0 Å². The molecule has 11 nitrogen and oxygen atoms in total. The van der Waals surface area contributed by atoms with E-state index in [1.807, 2.05) is 24.3 Å². The molecule has 8 rings (SSSR count). The van der Waals surface area contributed by atoms with Gasteiger partial charge in [0.05, 0.1) is 39.7 Å². The number of aromatic nitrogens is 5. The van der Waals surface area contributed by atoms with Gasteiger partial charge in [-0.1, -0.05) is 93.7 Å². The van der Waals surface area contributed by atoms with E-state index in [-0.39, 0.29) is 34.7 Å². The Kier molecular flexibility index (Phi) is 18.6. The van der Waals surface area contributed by atoms with Gasteiger partial charge >= 0.3 is 0 Å². The Hall–Kier alpha value is -3.51. The number of carbonyl (C=O) groups is 1. The van der Waals surface area contributed by atoms with E-state index in [9.17, 15) is 23.1 Å². The highest BCUT2D eigenvalue weighted by Crippen LogP contribution is 2.53. The van der Waals surface area contributed by atoms with Crippen LogP contribution in [0.15, 0.2) is 73.2 Å². The highest BCUT2D eigenvalue weighted by atomic mass is 35.5. The lowest BCUT2D eigenvalue weighted by Gasteiger charge is -2.41. The third kappa shape index (κ3) is 14.1. The Morgan fingerprint density at radius 2 is 1.74 bits per heavy atom. The number of alkyl halides is 3. The third-order valence-electron chi connectivity index (χ3n) is 13.1. The summed E-state index contributed by atoms with van der Waals surface area (Å²) in [6.45, 7) is 15.9. The van der Waals surface area contributed by atoms with E-state index in [0.717, 1.165) is 74.2 Å². The summed E-state index contributed by atoms with van der Waals surface area (Å²) in [7, 11) is 1.43. The number of ether oxygens (including phenoxy) is 2. The smallest absolute Gasteiger partial charge is 0.282 e. The van der Waals surface area contributed by atoms with Crippen molar-refractivity contribution < 1.29 is 32.5 Å². The van der Waals surface area contributed by atoms with Crippen LogP contribution in [0.1, 0.15) is 108 Å². The molecule has 3 N–H and O–H groups in total. The van der Waals surface area contributed by atoms with E-state index >= 15 is 0 Å². The molecule has 3 aliphatic rings. The first-order valence-electron chi connectivity index (χ1n) is 23.2. The van der Waals surface area contributed by atoms with Crippen molar-refractivity contribution in [1.82, 2.24) is 29.4 Å². The predicted octanol–water partition coefficient (Wildman–Crippen LogP) is 13.1. The Bertz CT molecular complexity index is 2580. The van der Waals surface area contributed by atoms with Crippen molar-refractivity contribution in [3.05, 3.63) is 116 Å². The summed E-state index contributed by atoms with van der Waals surface area (Å²) in [6.07, 6.45) is 7.82. The second kappa shape index (κ2) is 23.4. The molecule has 1 amide bonds. The molecule has 69 heavy (non-hydrogen) atoms. The van der Waals surface area contributed by atoms with Crippen molar-refractivity contribution in [2.45, 2.75) is 121 Å². The average Bonchev–Trinajstić information content (AvgIpc) is 3.54. The first-order chi connectivity index (χ1) is 32.6. The lowest BCUT2D eigenvalue weighted by atomic mass is 9.71. The summed E-state index contributed by atoms with van der Waals surface area (Å²) in [4.78, 5) is 18.3. The van der Waals surface area contributed by atoms with E-state index in [1.54, 1.807) is 10.7 Å². The summed E-state index contributed by atoms with van der Waals surface area (Å²) in [5.74, 6) is -0.769. The molecule has 19 heteroatoms. The minimum absolute atomic E-state index is 0.226. The molecule has 2 aliphatic carbocycles. The van der Waals surface area contributed by atoms with Crippen LogP contribution in [-0.4, -0.2) is 89.1 Å². The number of carbonyl (C=O) groups excluding carboxylic acids is 1. The molecule has 376 valence electrons. The van der Waals surface area contributed by atoms with Gasteiger partial charge in [0.1, 0.15) is 23.4 Å². The van der Waals surface area contributed by atoms with Crippen molar-refractivity contribution >= 4 is 70.2 Å². The van der Waals surface area contributed by atoms with Crippen molar-refractivity contribution in [3.63, 3.8) is 0 Å². The van der Waals surface area contributed by atoms with Gasteiger partial charge in [-0.25, -0.2) is 18.2 Å². The Morgan fingerprint density at radius 3 is 2.33 bits per heavy atom. The number of benzene rings is 3. The maximum Gasteiger partial charge on any atom is 0.282 e.